The van der Waals surface area contributed by atoms with Crippen LogP contribution in [-0.4, -0.2) is 65.4 Å². The maximum atomic E-state index is 14.1. The normalized spacial score (nSPS) is 20.0. The fourth-order valence-electron chi connectivity index (χ4n) is 5.30. The van der Waals surface area contributed by atoms with E-state index in [0.717, 1.165) is 29.7 Å². The first-order valence-electron chi connectivity index (χ1n) is 12.7. The Morgan fingerprint density at radius 1 is 1.05 bits per heavy atom. The molecule has 0 saturated carbocycles. The number of hydrogen-bond donors (Lipinski definition) is 1. The summed E-state index contributed by atoms with van der Waals surface area (Å²) in [6, 6.07) is 11.9. The van der Waals surface area contributed by atoms with Crippen LogP contribution in [0.3, 0.4) is 0 Å². The van der Waals surface area contributed by atoms with Crippen molar-refractivity contribution in [3.05, 3.63) is 87.4 Å². The maximum absolute atomic E-state index is 14.1. The third-order valence-electron chi connectivity index (χ3n) is 7.27. The number of urea groups is 1. The minimum Gasteiger partial charge on any atom is -0.338 e. The maximum Gasteiger partial charge on any atom is 0.416 e. The first kappa shape index (κ1) is 27.1. The zero-order chi connectivity index (χ0) is 27.7. The van der Waals surface area contributed by atoms with E-state index in [-0.39, 0.29) is 36.0 Å². The van der Waals surface area contributed by atoms with Crippen molar-refractivity contribution in [3.8, 4) is 0 Å². The number of halogens is 4. The number of carbonyl (C=O) groups excluding carboxylic acids is 2. The van der Waals surface area contributed by atoms with Crippen LogP contribution in [0.2, 0.25) is 0 Å². The van der Waals surface area contributed by atoms with Gasteiger partial charge >= 0.3 is 12.2 Å². The monoisotopic (exact) mass is 560 g/mol. The van der Waals surface area contributed by atoms with Crippen LogP contribution in [0.15, 0.2) is 60.0 Å². The molecule has 0 spiro atoms. The molecule has 2 unspecified atom stereocenters. The van der Waals surface area contributed by atoms with Gasteiger partial charge in [0.15, 0.2) is 0 Å². The molecule has 2 aliphatic rings. The Kier molecular flexibility index (Phi) is 7.64. The predicted octanol–water partition coefficient (Wildman–Crippen LogP) is 5.62. The fraction of sp³-hybridized carbons (Fsp3) is 0.357. The highest BCUT2D eigenvalue weighted by atomic mass is 32.1. The Labute approximate surface area is 227 Å². The van der Waals surface area contributed by atoms with E-state index in [9.17, 15) is 27.2 Å². The van der Waals surface area contributed by atoms with Gasteiger partial charge in [0.05, 0.1) is 18.2 Å². The van der Waals surface area contributed by atoms with E-state index < -0.39 is 17.8 Å². The summed E-state index contributed by atoms with van der Waals surface area (Å²) < 4.78 is 52.5. The van der Waals surface area contributed by atoms with Crippen molar-refractivity contribution in [3.63, 3.8) is 0 Å². The van der Waals surface area contributed by atoms with E-state index in [1.54, 1.807) is 27.2 Å². The summed E-state index contributed by atoms with van der Waals surface area (Å²) in [5.74, 6) is -0.384. The summed E-state index contributed by atoms with van der Waals surface area (Å²) >= 11 is 1.67. The first-order chi connectivity index (χ1) is 18.6. The van der Waals surface area contributed by atoms with Gasteiger partial charge in [-0.15, -0.1) is 11.3 Å². The zero-order valence-corrected chi connectivity index (χ0v) is 22.1. The average molecular weight is 561 g/mol. The molecule has 0 radical (unpaired) electrons. The van der Waals surface area contributed by atoms with Gasteiger partial charge in [0.1, 0.15) is 5.82 Å². The highest BCUT2D eigenvalue weighted by Gasteiger charge is 2.35. The molecule has 3 amide bonds. The molecule has 1 fully saturated rings. The molecular weight excluding hydrogens is 532 g/mol. The Morgan fingerprint density at radius 2 is 1.82 bits per heavy atom. The SMILES string of the molecule is CC1CN(C(=O)CN2CCc3sccc3C2c2cccc(F)c2)CCN1C(=O)Nc1ccc(C(F)(F)F)cc1. The molecule has 5 rings (SSSR count). The molecule has 1 aromatic heterocycles. The second-order valence-electron chi connectivity index (χ2n) is 9.86. The predicted molar refractivity (Wildman–Crippen MR) is 141 cm³/mol. The van der Waals surface area contributed by atoms with Crippen LogP contribution in [0.5, 0.6) is 0 Å². The molecule has 11 heteroatoms. The minimum atomic E-state index is -4.45. The van der Waals surface area contributed by atoms with E-state index in [2.05, 4.69) is 10.2 Å². The van der Waals surface area contributed by atoms with E-state index in [1.165, 1.54) is 29.1 Å². The zero-order valence-electron chi connectivity index (χ0n) is 21.2. The third kappa shape index (κ3) is 5.94. The van der Waals surface area contributed by atoms with Gasteiger partial charge in [-0.3, -0.25) is 9.69 Å². The van der Waals surface area contributed by atoms with E-state index in [0.29, 0.717) is 26.2 Å². The van der Waals surface area contributed by atoms with Crippen molar-refractivity contribution < 1.29 is 27.2 Å². The molecule has 3 heterocycles. The number of carbonyl (C=O) groups is 2. The molecule has 1 N–H and O–H groups in total. The van der Waals surface area contributed by atoms with Crippen molar-refractivity contribution in [1.29, 1.82) is 0 Å². The van der Waals surface area contributed by atoms with Gasteiger partial charge in [-0.05, 0) is 72.3 Å². The van der Waals surface area contributed by atoms with Crippen LogP contribution < -0.4 is 5.32 Å². The molecule has 0 aliphatic carbocycles. The number of amides is 3. The number of rotatable bonds is 4. The standard InChI is InChI=1S/C28H28F4N4O2S/c1-18-16-34(12-13-36(18)27(38)33-22-7-5-20(6-8-22)28(30,31)32)25(37)17-35-11-9-24-23(10-14-39-24)26(35)19-3-2-4-21(29)15-19/h2-8,10,14-15,18,26H,9,11-13,16-17H2,1H3,(H,33,38). The molecule has 6 nitrogen and oxygen atoms in total. The molecule has 1 saturated heterocycles. The Balaban J connectivity index is 1.21. The second-order valence-corrected chi connectivity index (χ2v) is 10.9. The van der Waals surface area contributed by atoms with E-state index in [4.69, 9.17) is 0 Å². The van der Waals surface area contributed by atoms with E-state index >= 15 is 0 Å². The van der Waals surface area contributed by atoms with Gasteiger partial charge in [-0.25, -0.2) is 9.18 Å². The third-order valence-corrected chi connectivity index (χ3v) is 8.27. The van der Waals surface area contributed by atoms with Crippen LogP contribution in [0.4, 0.5) is 28.0 Å². The highest BCUT2D eigenvalue weighted by molar-refractivity contribution is 7.10. The number of thiophene rings is 1. The summed E-state index contributed by atoms with van der Waals surface area (Å²) in [6.07, 6.45) is -3.63. The van der Waals surface area contributed by atoms with Gasteiger partial charge in [0.2, 0.25) is 5.91 Å². The van der Waals surface area contributed by atoms with Crippen molar-refractivity contribution in [2.75, 3.05) is 38.0 Å². The summed E-state index contributed by atoms with van der Waals surface area (Å²) in [5, 5.41) is 4.67. The molecule has 39 heavy (non-hydrogen) atoms. The largest absolute Gasteiger partial charge is 0.416 e. The number of anilines is 1. The molecule has 0 bridgehead atoms. The average Bonchev–Trinajstić information content (AvgIpc) is 3.37. The number of fused-ring (bicyclic) bond motifs is 1. The van der Waals surface area contributed by atoms with Crippen molar-refractivity contribution >= 4 is 29.0 Å². The van der Waals surface area contributed by atoms with Crippen LogP contribution in [0, 0.1) is 5.82 Å². The number of nitrogens with one attached hydrogen (secondary N) is 1. The van der Waals surface area contributed by atoms with E-state index in [1.807, 2.05) is 24.4 Å². The summed E-state index contributed by atoms with van der Waals surface area (Å²) in [4.78, 5) is 32.9. The lowest BCUT2D eigenvalue weighted by molar-refractivity contribution is -0.137. The number of nitrogens with zero attached hydrogens (tertiary/aromatic N) is 3. The number of piperazine rings is 1. The second kappa shape index (κ2) is 11.0. The lowest BCUT2D eigenvalue weighted by Crippen LogP contribution is -2.58. The molecule has 2 aromatic carbocycles. The molecule has 2 aliphatic heterocycles. The highest BCUT2D eigenvalue weighted by Crippen LogP contribution is 2.38. The number of hydrogen-bond acceptors (Lipinski definition) is 4. The minimum absolute atomic E-state index is 0.0651. The topological polar surface area (TPSA) is 55.9 Å². The van der Waals surface area contributed by atoms with Crippen molar-refractivity contribution in [2.24, 2.45) is 0 Å². The molecule has 2 atom stereocenters. The van der Waals surface area contributed by atoms with Gasteiger partial charge in [-0.1, -0.05) is 12.1 Å². The summed E-state index contributed by atoms with van der Waals surface area (Å²) in [6.45, 7) is 3.64. The van der Waals surface area contributed by atoms with Crippen LogP contribution in [-0.2, 0) is 17.4 Å². The number of benzene rings is 2. The Bertz CT molecular complexity index is 1340. The number of alkyl halides is 3. The summed E-state index contributed by atoms with van der Waals surface area (Å²) in [5.41, 5.74) is 1.38. The van der Waals surface area contributed by atoms with Gasteiger partial charge in [0, 0.05) is 42.8 Å². The molecular formula is C28H28F4N4O2S. The van der Waals surface area contributed by atoms with Gasteiger partial charge < -0.3 is 15.1 Å². The molecule has 206 valence electrons. The Morgan fingerprint density at radius 3 is 2.51 bits per heavy atom. The van der Waals surface area contributed by atoms with Crippen LogP contribution in [0.1, 0.15) is 34.5 Å². The van der Waals surface area contributed by atoms with Crippen LogP contribution in [0.25, 0.3) is 0 Å². The lowest BCUT2D eigenvalue weighted by atomic mass is 9.93. The van der Waals surface area contributed by atoms with Gasteiger partial charge in [0.25, 0.3) is 0 Å². The van der Waals surface area contributed by atoms with Crippen molar-refractivity contribution in [2.45, 2.75) is 31.6 Å². The molecule has 3 aromatic rings. The smallest absolute Gasteiger partial charge is 0.338 e. The van der Waals surface area contributed by atoms with Crippen LogP contribution >= 0.6 is 11.3 Å². The van der Waals surface area contributed by atoms with Gasteiger partial charge in [-0.2, -0.15) is 13.2 Å². The lowest BCUT2D eigenvalue weighted by Gasteiger charge is -2.41. The first-order valence-corrected chi connectivity index (χ1v) is 13.6. The fourth-order valence-corrected chi connectivity index (χ4v) is 6.21. The quantitative estimate of drug-likeness (QED) is 0.422. The van der Waals surface area contributed by atoms with Crippen molar-refractivity contribution in [1.82, 2.24) is 14.7 Å². The summed E-state index contributed by atoms with van der Waals surface area (Å²) in [7, 11) is 0. The Hall–Kier alpha value is -3.44.